The summed E-state index contributed by atoms with van der Waals surface area (Å²) in [6.45, 7) is 5.87. The van der Waals surface area contributed by atoms with Crippen molar-refractivity contribution in [2.45, 2.75) is 26.7 Å². The Labute approximate surface area is 181 Å². The van der Waals surface area contributed by atoms with Crippen molar-refractivity contribution >= 4 is 34.8 Å². The van der Waals surface area contributed by atoms with E-state index in [2.05, 4.69) is 24.5 Å². The molecule has 0 unspecified atom stereocenters. The van der Waals surface area contributed by atoms with E-state index in [1.165, 1.54) is 12.2 Å². The summed E-state index contributed by atoms with van der Waals surface area (Å²) in [5, 5.41) is 7.25. The second kappa shape index (κ2) is 14.5. The van der Waals surface area contributed by atoms with Gasteiger partial charge in [-0.3, -0.25) is 9.59 Å². The first-order valence-corrected chi connectivity index (χ1v) is 9.29. The number of hydrogen-bond donors (Lipinski definition) is 2. The summed E-state index contributed by atoms with van der Waals surface area (Å²) in [5.41, 5.74) is 1.22. The Morgan fingerprint density at radius 2 is 1.15 bits per heavy atom. The first-order chi connectivity index (χ1) is 12.5. The van der Waals surface area contributed by atoms with Crippen molar-refractivity contribution in [3.8, 4) is 0 Å². The van der Waals surface area contributed by atoms with Crippen LogP contribution in [-0.4, -0.2) is 24.7 Å². The molecule has 2 N–H and O–H groups in total. The Morgan fingerprint density at radius 3 is 1.48 bits per heavy atom. The molecule has 0 saturated heterocycles. The van der Waals surface area contributed by atoms with E-state index < -0.39 is 0 Å². The minimum atomic E-state index is -0.00648. The van der Waals surface area contributed by atoms with E-state index in [4.69, 9.17) is 23.2 Å². The molecule has 0 fully saturated rings. The molecule has 0 bridgehead atoms. The Kier molecular flexibility index (Phi) is 13.7. The molecule has 150 valence electrons. The summed E-state index contributed by atoms with van der Waals surface area (Å²) in [6, 6.07) is 0. The summed E-state index contributed by atoms with van der Waals surface area (Å²) in [5.74, 6) is -0.0130. The van der Waals surface area contributed by atoms with Crippen molar-refractivity contribution in [2.75, 3.05) is 13.1 Å². The molecular weight excluding hydrogens is 430 g/mol. The van der Waals surface area contributed by atoms with Crippen LogP contribution in [-0.2, 0) is 26.1 Å². The van der Waals surface area contributed by atoms with E-state index in [0.717, 1.165) is 25.9 Å². The van der Waals surface area contributed by atoms with E-state index in [1.54, 1.807) is 36.7 Å². The van der Waals surface area contributed by atoms with E-state index in [0.29, 0.717) is 21.2 Å². The number of halogens is 2. The van der Waals surface area contributed by atoms with Crippen LogP contribution in [0.1, 0.15) is 26.7 Å². The molecule has 2 aliphatic carbocycles. The topological polar surface area (TPSA) is 58.2 Å². The van der Waals surface area contributed by atoms with Crippen molar-refractivity contribution in [2.24, 2.45) is 0 Å². The Hall–Kier alpha value is -1.55. The number of rotatable bonds is 6. The minimum Gasteiger partial charge on any atom is -0.390 e. The second-order valence-corrected chi connectivity index (χ2v) is 6.43. The largest absolute Gasteiger partial charge is 0.390 e. The summed E-state index contributed by atoms with van der Waals surface area (Å²) < 4.78 is 0. The van der Waals surface area contributed by atoms with E-state index >= 15 is 0 Å². The first-order valence-electron chi connectivity index (χ1n) is 8.54. The molecule has 0 heterocycles. The van der Waals surface area contributed by atoms with Crippen LogP contribution in [0.4, 0.5) is 0 Å². The smallest absolute Gasteiger partial charge is 0.187 e. The molecule has 7 heteroatoms. The van der Waals surface area contributed by atoms with Crippen LogP contribution in [0.15, 0.2) is 70.1 Å². The molecular formula is C20H24Cl2N2NiO2. The van der Waals surface area contributed by atoms with Crippen LogP contribution in [0.25, 0.3) is 0 Å². The molecule has 4 nitrogen and oxygen atoms in total. The predicted octanol–water partition coefficient (Wildman–Crippen LogP) is 4.26. The molecule has 0 atom stereocenters. The zero-order valence-corrected chi connectivity index (χ0v) is 17.8. The SMILES string of the molecule is CCCN/C=C1/C=C(Cl)C=CC1=O.CCCN/C=C1/C=C(Cl)C=CC1=O.[Ni]. The van der Waals surface area contributed by atoms with Gasteiger partial charge in [0.2, 0.25) is 0 Å². The van der Waals surface area contributed by atoms with Gasteiger partial charge in [0, 0.05) is 63.2 Å². The number of hydrogen-bond acceptors (Lipinski definition) is 4. The number of allylic oxidation sites excluding steroid dienone is 10. The van der Waals surface area contributed by atoms with E-state index in [1.807, 2.05) is 0 Å². The number of ketones is 2. The average Bonchev–Trinajstić information content (AvgIpc) is 2.62. The van der Waals surface area contributed by atoms with Gasteiger partial charge in [-0.1, -0.05) is 37.0 Å². The standard InChI is InChI=1S/2C10H12ClNO.Ni/c2*1-2-5-12-7-8-6-9(11)3-4-10(8)13;/h2*3-4,6-7,12H,2,5H2,1H3;/b2*8-7-;. The van der Waals surface area contributed by atoms with Crippen molar-refractivity contribution in [3.63, 3.8) is 0 Å². The first kappa shape index (κ1) is 25.5. The molecule has 0 aliphatic heterocycles. The molecule has 0 aromatic rings. The van der Waals surface area contributed by atoms with Crippen LogP contribution >= 0.6 is 23.2 Å². The monoisotopic (exact) mass is 452 g/mol. The van der Waals surface area contributed by atoms with Crippen LogP contribution in [0.2, 0.25) is 0 Å². The normalized spacial score (nSPS) is 18.4. The quantitative estimate of drug-likeness (QED) is 0.358. The Morgan fingerprint density at radius 1 is 0.778 bits per heavy atom. The molecule has 27 heavy (non-hydrogen) atoms. The van der Waals surface area contributed by atoms with Gasteiger partial charge in [-0.2, -0.15) is 0 Å². The van der Waals surface area contributed by atoms with Gasteiger partial charge in [0.05, 0.1) is 0 Å². The predicted molar refractivity (Wildman–Crippen MR) is 109 cm³/mol. The van der Waals surface area contributed by atoms with Gasteiger partial charge in [-0.25, -0.2) is 0 Å². The maximum atomic E-state index is 11.2. The van der Waals surface area contributed by atoms with Gasteiger partial charge in [0.1, 0.15) is 0 Å². The number of nitrogens with one attached hydrogen (secondary N) is 2. The third-order valence-corrected chi connectivity index (χ3v) is 3.72. The third kappa shape index (κ3) is 10.4. The third-order valence-electron chi connectivity index (χ3n) is 3.25. The number of carbonyl (C=O) groups is 2. The van der Waals surface area contributed by atoms with Gasteiger partial charge in [-0.15, -0.1) is 0 Å². The molecule has 2 rings (SSSR count). The summed E-state index contributed by atoms with van der Waals surface area (Å²) in [7, 11) is 0. The van der Waals surface area contributed by atoms with Crippen molar-refractivity contribution in [1.82, 2.24) is 10.6 Å². The van der Waals surface area contributed by atoms with Gasteiger partial charge >= 0.3 is 0 Å². The van der Waals surface area contributed by atoms with Crippen LogP contribution in [0.5, 0.6) is 0 Å². The Balaban J connectivity index is 0.000000483. The maximum Gasteiger partial charge on any atom is 0.187 e. The van der Waals surface area contributed by atoms with Gasteiger partial charge < -0.3 is 10.6 Å². The van der Waals surface area contributed by atoms with Crippen molar-refractivity contribution in [3.05, 3.63) is 70.1 Å². The fraction of sp³-hybridized carbons (Fsp3) is 0.300. The molecule has 0 saturated carbocycles. The molecule has 0 spiro atoms. The van der Waals surface area contributed by atoms with E-state index in [9.17, 15) is 9.59 Å². The van der Waals surface area contributed by atoms with E-state index in [-0.39, 0.29) is 28.1 Å². The number of carbonyl (C=O) groups excluding carboxylic acids is 2. The second-order valence-electron chi connectivity index (χ2n) is 5.56. The maximum absolute atomic E-state index is 11.2. The van der Waals surface area contributed by atoms with Crippen LogP contribution in [0, 0.1) is 0 Å². The average molecular weight is 454 g/mol. The van der Waals surface area contributed by atoms with Crippen LogP contribution in [0.3, 0.4) is 0 Å². The summed E-state index contributed by atoms with van der Waals surface area (Å²) in [6.07, 6.45) is 14.9. The zero-order valence-electron chi connectivity index (χ0n) is 15.3. The zero-order chi connectivity index (χ0) is 19.4. The van der Waals surface area contributed by atoms with Crippen LogP contribution < -0.4 is 10.6 Å². The van der Waals surface area contributed by atoms with Crippen molar-refractivity contribution in [1.29, 1.82) is 0 Å². The molecule has 0 aromatic heterocycles. The molecule has 2 aliphatic rings. The van der Waals surface area contributed by atoms with Crippen molar-refractivity contribution < 1.29 is 26.1 Å². The van der Waals surface area contributed by atoms with Gasteiger partial charge in [0.25, 0.3) is 0 Å². The van der Waals surface area contributed by atoms with Gasteiger partial charge in [0.15, 0.2) is 11.6 Å². The summed E-state index contributed by atoms with van der Waals surface area (Å²) in [4.78, 5) is 22.5. The fourth-order valence-electron chi connectivity index (χ4n) is 1.92. The molecule has 0 radical (unpaired) electrons. The van der Waals surface area contributed by atoms with Gasteiger partial charge in [-0.05, 0) is 49.3 Å². The summed E-state index contributed by atoms with van der Waals surface area (Å²) >= 11 is 11.5. The molecule has 0 aromatic carbocycles. The minimum absolute atomic E-state index is 0. The fourth-order valence-corrected chi connectivity index (χ4v) is 2.28. The Bertz CT molecular complexity index is 645. The molecule has 0 amide bonds.